The molecule has 0 aliphatic rings. The summed E-state index contributed by atoms with van der Waals surface area (Å²) in [5.41, 5.74) is 0.559. The van der Waals surface area contributed by atoms with Gasteiger partial charge in [-0.25, -0.2) is 8.78 Å². The highest BCUT2D eigenvalue weighted by Crippen LogP contribution is 2.15. The Morgan fingerprint density at radius 1 is 1.18 bits per heavy atom. The van der Waals surface area contributed by atoms with Crippen LogP contribution in [0.15, 0.2) is 18.3 Å². The van der Waals surface area contributed by atoms with Crippen LogP contribution in [0.3, 0.4) is 0 Å². The Hall–Kier alpha value is -1.38. The number of benzene rings is 1. The van der Waals surface area contributed by atoms with Crippen LogP contribution >= 0.6 is 0 Å². The lowest BCUT2D eigenvalue weighted by molar-refractivity contribution is 0.511. The summed E-state index contributed by atoms with van der Waals surface area (Å²) in [5, 5.41) is 0.559. The van der Waals surface area contributed by atoms with Crippen LogP contribution in [-0.2, 0) is 0 Å². The lowest BCUT2D eigenvalue weighted by atomic mass is 10.2. The molecule has 0 fully saturated rings. The number of nitrogens with one attached hydrogen (secondary N) is 1. The maximum Gasteiger partial charge on any atom is 0.160 e. The van der Waals surface area contributed by atoms with Crippen LogP contribution in [0.2, 0.25) is 0 Å². The summed E-state index contributed by atoms with van der Waals surface area (Å²) in [7, 11) is 0. The number of hydrogen-bond acceptors (Lipinski definition) is 0. The number of fused-ring (bicyclic) bond motifs is 1. The van der Waals surface area contributed by atoms with Crippen LogP contribution in [-0.4, -0.2) is 4.98 Å². The molecule has 0 saturated carbocycles. The lowest BCUT2D eigenvalue weighted by Crippen LogP contribution is -1.81. The Balaban J connectivity index is 2.86. The fourth-order valence-corrected chi connectivity index (χ4v) is 0.977. The van der Waals surface area contributed by atoms with Crippen molar-refractivity contribution in [2.45, 2.75) is 0 Å². The van der Waals surface area contributed by atoms with Gasteiger partial charge in [0, 0.05) is 29.2 Å². The summed E-state index contributed by atoms with van der Waals surface area (Å²) < 4.78 is 25.0. The largest absolute Gasteiger partial charge is 0.360 e. The molecule has 1 aromatic carbocycles. The maximum atomic E-state index is 12.5. The molecule has 1 aromatic heterocycles. The van der Waals surface area contributed by atoms with Gasteiger partial charge in [-0.05, 0) is 6.07 Å². The van der Waals surface area contributed by atoms with Crippen LogP contribution in [0, 0.1) is 17.7 Å². The average molecular weight is 152 g/mol. The van der Waals surface area contributed by atoms with E-state index in [1.807, 2.05) is 0 Å². The molecular weight excluding hydrogens is 148 g/mol. The second-order valence-corrected chi connectivity index (χ2v) is 2.24. The van der Waals surface area contributed by atoms with Crippen molar-refractivity contribution >= 4 is 10.9 Å². The highest BCUT2D eigenvalue weighted by atomic mass is 19.2. The van der Waals surface area contributed by atoms with Crippen LogP contribution in [0.5, 0.6) is 0 Å². The average Bonchev–Trinajstić information content (AvgIpc) is 2.36. The molecule has 0 bridgehead atoms. The van der Waals surface area contributed by atoms with E-state index in [4.69, 9.17) is 0 Å². The molecule has 0 unspecified atom stereocenters. The minimum Gasteiger partial charge on any atom is -0.360 e. The second-order valence-electron chi connectivity index (χ2n) is 2.24. The number of hydrogen-bond donors (Lipinski definition) is 1. The minimum absolute atomic E-state index is 0.559. The van der Waals surface area contributed by atoms with E-state index in [0.29, 0.717) is 10.9 Å². The Morgan fingerprint density at radius 2 is 1.91 bits per heavy atom. The zero-order chi connectivity index (χ0) is 7.84. The number of H-pyrrole nitrogens is 1. The third-order valence-electron chi connectivity index (χ3n) is 1.52. The summed E-state index contributed by atoms with van der Waals surface area (Å²) in [6, 6.07) is 4.95. The Bertz CT molecular complexity index is 356. The number of halogens is 2. The van der Waals surface area contributed by atoms with Crippen molar-refractivity contribution in [2.24, 2.45) is 0 Å². The summed E-state index contributed by atoms with van der Waals surface area (Å²) in [5.74, 6) is -1.68. The van der Waals surface area contributed by atoms with Gasteiger partial charge in [0.1, 0.15) is 0 Å². The van der Waals surface area contributed by atoms with E-state index in [1.165, 1.54) is 6.20 Å². The van der Waals surface area contributed by atoms with Gasteiger partial charge in [0.05, 0.1) is 0 Å². The molecule has 1 heterocycles. The van der Waals surface area contributed by atoms with Crippen molar-refractivity contribution in [3.05, 3.63) is 36.0 Å². The molecule has 3 heteroatoms. The van der Waals surface area contributed by atoms with Gasteiger partial charge in [0.25, 0.3) is 0 Å². The van der Waals surface area contributed by atoms with E-state index < -0.39 is 11.6 Å². The summed E-state index contributed by atoms with van der Waals surface area (Å²) in [6.45, 7) is 0. The van der Waals surface area contributed by atoms with E-state index in [-0.39, 0.29) is 0 Å². The quantitative estimate of drug-likeness (QED) is 0.595. The Morgan fingerprint density at radius 3 is 2.73 bits per heavy atom. The van der Waals surface area contributed by atoms with Crippen LogP contribution < -0.4 is 0 Å². The van der Waals surface area contributed by atoms with Crippen LogP contribution in [0.4, 0.5) is 8.78 Å². The summed E-state index contributed by atoms with van der Waals surface area (Å²) >= 11 is 0. The molecule has 1 nitrogen and oxygen atoms in total. The molecule has 2 rings (SSSR count). The van der Waals surface area contributed by atoms with E-state index >= 15 is 0 Å². The highest BCUT2D eigenvalue weighted by Gasteiger charge is 2.03. The highest BCUT2D eigenvalue weighted by molar-refractivity contribution is 5.78. The number of aromatic amines is 1. The third kappa shape index (κ3) is 0.888. The normalized spacial score (nSPS) is 10.7. The molecule has 0 amide bonds. The molecule has 0 aliphatic heterocycles. The van der Waals surface area contributed by atoms with Gasteiger partial charge in [-0.15, -0.1) is 0 Å². The smallest absolute Gasteiger partial charge is 0.160 e. The van der Waals surface area contributed by atoms with Crippen molar-refractivity contribution in [2.75, 3.05) is 0 Å². The van der Waals surface area contributed by atoms with E-state index in [1.54, 1.807) is 0 Å². The van der Waals surface area contributed by atoms with E-state index in [0.717, 1.165) is 12.1 Å². The van der Waals surface area contributed by atoms with Crippen molar-refractivity contribution in [1.29, 1.82) is 0 Å². The zero-order valence-corrected chi connectivity index (χ0v) is 5.49. The molecule has 11 heavy (non-hydrogen) atoms. The first-order valence-electron chi connectivity index (χ1n) is 3.11. The van der Waals surface area contributed by atoms with Crippen molar-refractivity contribution < 1.29 is 8.78 Å². The lowest BCUT2D eigenvalue weighted by Gasteiger charge is -1.91. The van der Waals surface area contributed by atoms with Gasteiger partial charge in [0.15, 0.2) is 11.6 Å². The molecule has 1 radical (unpaired) electrons. The topological polar surface area (TPSA) is 15.8 Å². The second kappa shape index (κ2) is 2.05. The zero-order valence-electron chi connectivity index (χ0n) is 5.49. The van der Waals surface area contributed by atoms with Gasteiger partial charge in [-0.1, -0.05) is 0 Å². The molecule has 1 N–H and O–H groups in total. The first kappa shape index (κ1) is 6.34. The predicted octanol–water partition coefficient (Wildman–Crippen LogP) is 2.25. The van der Waals surface area contributed by atoms with E-state index in [2.05, 4.69) is 11.1 Å². The molecule has 0 saturated heterocycles. The van der Waals surface area contributed by atoms with Gasteiger partial charge >= 0.3 is 0 Å². The minimum atomic E-state index is -0.839. The molecule has 55 valence electrons. The summed E-state index contributed by atoms with van der Waals surface area (Å²) in [4.78, 5) is 2.73. The van der Waals surface area contributed by atoms with E-state index in [9.17, 15) is 8.78 Å². The van der Waals surface area contributed by atoms with Gasteiger partial charge in [-0.2, -0.15) is 0 Å². The first-order valence-corrected chi connectivity index (χ1v) is 3.11. The van der Waals surface area contributed by atoms with Crippen molar-refractivity contribution in [1.82, 2.24) is 4.98 Å². The maximum absolute atomic E-state index is 12.5. The molecule has 0 aliphatic carbocycles. The standard InChI is InChI=1S/C8H4F2N/c9-6-3-5-1-2-11-8(5)4-7(6)10/h2-4,11H. The monoisotopic (exact) mass is 152 g/mol. The first-order chi connectivity index (χ1) is 5.27. The molecule has 0 atom stereocenters. The fraction of sp³-hybridized carbons (Fsp3) is 0. The Labute approximate surface area is 61.7 Å². The molecular formula is C8H4F2N. The third-order valence-corrected chi connectivity index (χ3v) is 1.52. The molecule has 0 spiro atoms. The van der Waals surface area contributed by atoms with Gasteiger partial charge in [-0.3, -0.25) is 0 Å². The van der Waals surface area contributed by atoms with Gasteiger partial charge < -0.3 is 4.98 Å². The number of aromatic nitrogens is 1. The number of rotatable bonds is 0. The fourth-order valence-electron chi connectivity index (χ4n) is 0.977. The predicted molar refractivity (Wildman–Crippen MR) is 37.1 cm³/mol. The van der Waals surface area contributed by atoms with Crippen molar-refractivity contribution in [3.8, 4) is 0 Å². The SMILES string of the molecule is Fc1cc2[c]c[nH]c2cc1F. The van der Waals surface area contributed by atoms with Crippen LogP contribution in [0.1, 0.15) is 0 Å². The van der Waals surface area contributed by atoms with Gasteiger partial charge in [0.2, 0.25) is 0 Å². The van der Waals surface area contributed by atoms with Crippen molar-refractivity contribution in [3.63, 3.8) is 0 Å². The Kier molecular flexibility index (Phi) is 1.18. The van der Waals surface area contributed by atoms with Crippen LogP contribution in [0.25, 0.3) is 10.9 Å². The summed E-state index contributed by atoms with van der Waals surface area (Å²) in [6.07, 6.45) is 1.52. The molecule has 2 aromatic rings.